The minimum atomic E-state index is -1.66. The maximum Gasteiger partial charge on any atom is 0.271 e. The zero-order valence-corrected chi connectivity index (χ0v) is 8.97. The maximum absolute atomic E-state index is 11.3. The number of aliphatic hydroxyl groups excluding tert-OH is 1. The number of carbonyl (C=O) groups excluding carboxylic acids is 2. The fourth-order valence-electron chi connectivity index (χ4n) is 0.852. The van der Waals surface area contributed by atoms with Crippen molar-refractivity contribution in [1.82, 2.24) is 0 Å². The van der Waals surface area contributed by atoms with E-state index in [1.54, 1.807) is 0 Å². The van der Waals surface area contributed by atoms with Crippen LogP contribution in [0.3, 0.4) is 0 Å². The zero-order valence-electron chi connectivity index (χ0n) is 7.46. The molecule has 0 unspecified atom stereocenters. The fraction of sp³-hybridized carbons (Fsp3) is 0.500. The molecule has 0 amide bonds. The third-order valence-electron chi connectivity index (χ3n) is 1.82. The number of carbonyl (C=O) groups is 2. The van der Waals surface area contributed by atoms with Gasteiger partial charge in [0.25, 0.3) is 5.95 Å². The Bertz CT molecular complexity index is 253. The fourth-order valence-corrected chi connectivity index (χ4v) is 1.41. The van der Waals surface area contributed by atoms with Gasteiger partial charge < -0.3 is 10.2 Å². The molecule has 0 atom stereocenters. The van der Waals surface area contributed by atoms with Crippen LogP contribution >= 0.6 is 23.2 Å². The van der Waals surface area contributed by atoms with E-state index in [1.165, 1.54) is 6.92 Å². The summed E-state index contributed by atoms with van der Waals surface area (Å²) in [6, 6.07) is 0. The molecule has 0 aromatic rings. The molecule has 0 saturated heterocycles. The number of halogens is 2. The quantitative estimate of drug-likeness (QED) is 0.435. The number of hydrogen-bond acceptors (Lipinski definition) is 4. The molecule has 0 bridgehead atoms. The monoisotopic (exact) mass is 240 g/mol. The molecule has 0 spiro atoms. The molecule has 0 rings (SSSR count). The van der Waals surface area contributed by atoms with Gasteiger partial charge in [-0.3, -0.25) is 9.59 Å². The zero-order chi connectivity index (χ0) is 11.4. The van der Waals surface area contributed by atoms with Crippen LogP contribution < -0.4 is 0 Å². The number of allylic oxidation sites excluding steroid dienone is 1. The molecule has 4 nitrogen and oxygen atoms in total. The van der Waals surface area contributed by atoms with Crippen molar-refractivity contribution in [2.24, 2.45) is 5.41 Å². The molecule has 0 aliphatic rings. The van der Waals surface area contributed by atoms with Gasteiger partial charge in [-0.2, -0.15) is 0 Å². The van der Waals surface area contributed by atoms with Crippen molar-refractivity contribution >= 4 is 34.8 Å². The van der Waals surface area contributed by atoms with Gasteiger partial charge >= 0.3 is 0 Å². The lowest BCUT2D eigenvalue weighted by molar-refractivity contribution is -0.134. The lowest BCUT2D eigenvalue weighted by atomic mass is 9.82. The van der Waals surface area contributed by atoms with Gasteiger partial charge in [-0.15, -0.1) is 23.2 Å². The highest BCUT2D eigenvalue weighted by Crippen LogP contribution is 2.23. The predicted octanol–water partition coefficient (Wildman–Crippen LogP) is 1.57. The Hall–Kier alpha value is -0.740. The Balaban J connectivity index is 5.15. The van der Waals surface area contributed by atoms with Gasteiger partial charge in [0.15, 0.2) is 11.6 Å². The predicted molar refractivity (Wildman–Crippen MR) is 52.9 cm³/mol. The van der Waals surface area contributed by atoms with E-state index in [9.17, 15) is 9.59 Å². The van der Waals surface area contributed by atoms with Crippen molar-refractivity contribution in [3.8, 4) is 0 Å². The second-order valence-corrected chi connectivity index (χ2v) is 3.35. The molecule has 0 fully saturated rings. The van der Waals surface area contributed by atoms with Gasteiger partial charge in [0.1, 0.15) is 5.41 Å². The largest absolute Gasteiger partial charge is 0.481 e. The molecule has 0 aliphatic heterocycles. The van der Waals surface area contributed by atoms with Crippen molar-refractivity contribution in [2.45, 2.75) is 6.92 Å². The van der Waals surface area contributed by atoms with Crippen LogP contribution in [0.15, 0.2) is 12.0 Å². The second-order valence-electron chi connectivity index (χ2n) is 2.82. The first-order valence-corrected chi connectivity index (χ1v) is 4.74. The van der Waals surface area contributed by atoms with Gasteiger partial charge in [0.2, 0.25) is 0 Å². The van der Waals surface area contributed by atoms with Gasteiger partial charge in [0.05, 0.1) is 11.8 Å². The van der Waals surface area contributed by atoms with Gasteiger partial charge in [-0.05, 0) is 6.92 Å². The lowest BCUT2D eigenvalue weighted by Crippen LogP contribution is -2.37. The SMILES string of the molecule is CC(C=C(O)O)(C(=O)CCl)C(=O)CCl. The van der Waals surface area contributed by atoms with E-state index in [0.29, 0.717) is 0 Å². The average Bonchev–Trinajstić information content (AvgIpc) is 2.13. The third-order valence-corrected chi connectivity index (χ3v) is 2.30. The molecule has 0 saturated carbocycles. The van der Waals surface area contributed by atoms with Crippen LogP contribution in [0.5, 0.6) is 0 Å². The van der Waals surface area contributed by atoms with Crippen LogP contribution in [-0.2, 0) is 9.59 Å². The molecule has 0 radical (unpaired) electrons. The first-order chi connectivity index (χ1) is 6.38. The number of ketones is 2. The maximum atomic E-state index is 11.3. The highest BCUT2D eigenvalue weighted by molar-refractivity contribution is 6.35. The summed E-state index contributed by atoms with van der Waals surface area (Å²) in [4.78, 5) is 22.6. The van der Waals surface area contributed by atoms with E-state index in [0.717, 1.165) is 6.08 Å². The molecule has 6 heteroatoms. The van der Waals surface area contributed by atoms with Gasteiger partial charge in [-0.25, -0.2) is 0 Å². The number of aliphatic hydroxyl groups is 2. The minimum Gasteiger partial charge on any atom is -0.481 e. The van der Waals surface area contributed by atoms with Crippen LogP contribution in [0.4, 0.5) is 0 Å². The van der Waals surface area contributed by atoms with E-state index in [1.807, 2.05) is 0 Å². The normalized spacial score (nSPS) is 10.8. The van der Waals surface area contributed by atoms with Crippen molar-refractivity contribution in [3.63, 3.8) is 0 Å². The summed E-state index contributed by atoms with van der Waals surface area (Å²) in [7, 11) is 0. The van der Waals surface area contributed by atoms with Crippen LogP contribution in [0.25, 0.3) is 0 Å². The van der Waals surface area contributed by atoms with Crippen molar-refractivity contribution in [2.75, 3.05) is 11.8 Å². The van der Waals surface area contributed by atoms with Crippen LogP contribution in [0.2, 0.25) is 0 Å². The highest BCUT2D eigenvalue weighted by Gasteiger charge is 2.38. The highest BCUT2D eigenvalue weighted by atomic mass is 35.5. The summed E-state index contributed by atoms with van der Waals surface area (Å²) in [6.07, 6.45) is 0.725. The van der Waals surface area contributed by atoms with Gasteiger partial charge in [0, 0.05) is 6.08 Å². The summed E-state index contributed by atoms with van der Waals surface area (Å²) >= 11 is 10.6. The average molecular weight is 241 g/mol. The first-order valence-electron chi connectivity index (χ1n) is 3.67. The number of rotatable bonds is 5. The molecule has 2 N–H and O–H groups in total. The molecular formula is C8H10Cl2O4. The Kier molecular flexibility index (Phi) is 4.94. The topological polar surface area (TPSA) is 74.6 Å². The molecule has 0 aliphatic carbocycles. The molecule has 14 heavy (non-hydrogen) atoms. The van der Waals surface area contributed by atoms with E-state index in [2.05, 4.69) is 0 Å². The van der Waals surface area contributed by atoms with Crippen molar-refractivity contribution < 1.29 is 19.8 Å². The lowest BCUT2D eigenvalue weighted by Gasteiger charge is -2.19. The van der Waals surface area contributed by atoms with Gasteiger partial charge in [-0.1, -0.05) is 0 Å². The Morgan fingerprint density at radius 1 is 1.21 bits per heavy atom. The minimum absolute atomic E-state index is 0.400. The summed E-state index contributed by atoms with van der Waals surface area (Å²) in [5.41, 5.74) is -1.66. The van der Waals surface area contributed by atoms with E-state index in [4.69, 9.17) is 33.4 Å². The van der Waals surface area contributed by atoms with Crippen molar-refractivity contribution in [3.05, 3.63) is 12.0 Å². The van der Waals surface area contributed by atoms with Crippen LogP contribution in [-0.4, -0.2) is 33.5 Å². The molecule has 0 aromatic carbocycles. The molecule has 0 heterocycles. The Labute approximate surface area is 91.1 Å². The molecule has 0 aromatic heterocycles. The molecule has 80 valence electrons. The van der Waals surface area contributed by atoms with E-state index in [-0.39, 0.29) is 0 Å². The number of hydrogen-bond donors (Lipinski definition) is 2. The second kappa shape index (κ2) is 5.22. The smallest absolute Gasteiger partial charge is 0.271 e. The third kappa shape index (κ3) is 2.89. The summed E-state index contributed by atoms with van der Waals surface area (Å²) in [6.45, 7) is 1.23. The summed E-state index contributed by atoms with van der Waals surface area (Å²) < 4.78 is 0. The first kappa shape index (κ1) is 13.3. The summed E-state index contributed by atoms with van der Waals surface area (Å²) in [5.74, 6) is -3.17. The van der Waals surface area contributed by atoms with Crippen LogP contribution in [0.1, 0.15) is 6.92 Å². The Morgan fingerprint density at radius 3 is 1.79 bits per heavy atom. The standard InChI is InChI=1S/C8H10Cl2O4/c1-8(2-7(13)14,5(11)3-9)6(12)4-10/h2,13-14H,3-4H2,1H3. The number of alkyl halides is 2. The van der Waals surface area contributed by atoms with Crippen molar-refractivity contribution in [1.29, 1.82) is 0 Å². The number of Topliss-reactive ketones (excluding diaryl/α,β-unsaturated/α-hetero) is 2. The van der Waals surface area contributed by atoms with Crippen LogP contribution in [0, 0.1) is 5.41 Å². The summed E-state index contributed by atoms with van der Waals surface area (Å²) in [5, 5.41) is 17.2. The van der Waals surface area contributed by atoms with E-state index < -0.39 is 34.7 Å². The molecular weight excluding hydrogens is 231 g/mol. The Morgan fingerprint density at radius 2 is 1.57 bits per heavy atom. The van der Waals surface area contributed by atoms with E-state index >= 15 is 0 Å².